The summed E-state index contributed by atoms with van der Waals surface area (Å²) in [4.78, 5) is 25.0. The highest BCUT2D eigenvalue weighted by Crippen LogP contribution is 2.29. The Balaban J connectivity index is 1.84. The van der Waals surface area contributed by atoms with Gasteiger partial charge >= 0.3 is 0 Å². The predicted octanol–water partition coefficient (Wildman–Crippen LogP) is 1.81. The van der Waals surface area contributed by atoms with Gasteiger partial charge in [-0.2, -0.15) is 0 Å². The average molecular weight is 333 g/mol. The number of amides is 1. The molecule has 0 radical (unpaired) electrons. The summed E-state index contributed by atoms with van der Waals surface area (Å²) in [6.45, 7) is 8.32. The molecule has 3 rings (SSSR count). The van der Waals surface area contributed by atoms with E-state index in [1.165, 1.54) is 4.88 Å². The van der Waals surface area contributed by atoms with E-state index in [0.717, 1.165) is 30.2 Å². The molecule has 2 aromatic heterocycles. The predicted molar refractivity (Wildman–Crippen MR) is 90.2 cm³/mol. The Bertz CT molecular complexity index is 705. The maximum atomic E-state index is 12.6. The first-order chi connectivity index (χ1) is 11.0. The van der Waals surface area contributed by atoms with Crippen LogP contribution in [0, 0.1) is 6.92 Å². The van der Waals surface area contributed by atoms with Crippen LogP contribution in [-0.2, 0) is 24.9 Å². The minimum atomic E-state index is -0.179. The van der Waals surface area contributed by atoms with Crippen molar-refractivity contribution in [3.63, 3.8) is 0 Å². The molecule has 23 heavy (non-hydrogen) atoms. The Kier molecular flexibility index (Phi) is 4.50. The summed E-state index contributed by atoms with van der Waals surface area (Å²) in [5.74, 6) is -0.0996. The molecule has 0 fully saturated rings. The van der Waals surface area contributed by atoms with Gasteiger partial charge in [0.05, 0.1) is 34.8 Å². The fourth-order valence-electron chi connectivity index (χ4n) is 3.07. The van der Waals surface area contributed by atoms with E-state index in [-0.39, 0.29) is 17.9 Å². The second kappa shape index (κ2) is 6.41. The lowest BCUT2D eigenvalue weighted by Crippen LogP contribution is -2.43. The minimum Gasteiger partial charge on any atom is -0.353 e. The van der Waals surface area contributed by atoms with Crippen LogP contribution >= 0.6 is 11.3 Å². The Labute approximate surface area is 140 Å². The lowest BCUT2D eigenvalue weighted by molar-refractivity contribution is -0.124. The van der Waals surface area contributed by atoms with Crippen LogP contribution in [0.25, 0.3) is 0 Å². The second-order valence-corrected chi connectivity index (χ2v) is 7.37. The van der Waals surface area contributed by atoms with Gasteiger partial charge in [0.2, 0.25) is 5.91 Å². The molecule has 6 nitrogen and oxygen atoms in total. The third-order valence-corrected chi connectivity index (χ3v) is 5.09. The van der Waals surface area contributed by atoms with E-state index in [1.807, 2.05) is 44.2 Å². The number of hydrogen-bond donors (Lipinski definition) is 1. The maximum absolute atomic E-state index is 12.6. The first-order valence-electron chi connectivity index (χ1n) is 7.87. The minimum absolute atomic E-state index is 0.0792. The van der Waals surface area contributed by atoms with Gasteiger partial charge in [-0.15, -0.1) is 11.3 Å². The zero-order valence-electron chi connectivity index (χ0n) is 14.0. The summed E-state index contributed by atoms with van der Waals surface area (Å²) in [6.07, 6.45) is 1.81. The van der Waals surface area contributed by atoms with Gasteiger partial charge in [0.25, 0.3) is 0 Å². The summed E-state index contributed by atoms with van der Waals surface area (Å²) in [5, 5.41) is 3.04. The van der Waals surface area contributed by atoms with Crippen LogP contribution in [0.5, 0.6) is 0 Å². The molecule has 3 heterocycles. The van der Waals surface area contributed by atoms with Crippen LogP contribution in [0.4, 0.5) is 0 Å². The quantitative estimate of drug-likeness (QED) is 0.927. The molecule has 0 bridgehead atoms. The van der Waals surface area contributed by atoms with Crippen molar-refractivity contribution in [1.82, 2.24) is 24.8 Å². The maximum Gasteiger partial charge on any atom is 0.230 e. The summed E-state index contributed by atoms with van der Waals surface area (Å²) >= 11 is 1.67. The zero-order valence-corrected chi connectivity index (χ0v) is 14.9. The molecule has 0 aliphatic carbocycles. The molecule has 1 amide bonds. The van der Waals surface area contributed by atoms with Gasteiger partial charge in [-0.05, 0) is 20.8 Å². The molecule has 0 unspecified atom stereocenters. The molecule has 0 saturated carbocycles. The van der Waals surface area contributed by atoms with E-state index < -0.39 is 0 Å². The number of nitrogens with zero attached hydrogens (tertiary/aromatic N) is 4. The van der Waals surface area contributed by atoms with E-state index in [2.05, 4.69) is 20.2 Å². The van der Waals surface area contributed by atoms with E-state index in [0.29, 0.717) is 6.54 Å². The standard InChI is InChI=1S/C16H23N5OS/c1-10(2)19-16(22)12-5-21(7-14-11(3)18-9-23-14)6-13-15(12)20(4)8-17-13/h8-10,12H,5-7H2,1-4H3,(H,19,22)/t12-/m0/s1. The third kappa shape index (κ3) is 3.30. The van der Waals surface area contributed by atoms with Gasteiger partial charge in [-0.1, -0.05) is 0 Å². The molecule has 1 N–H and O–H groups in total. The number of thiazole rings is 1. The van der Waals surface area contributed by atoms with Crippen LogP contribution in [0.2, 0.25) is 0 Å². The third-order valence-electron chi connectivity index (χ3n) is 4.17. The van der Waals surface area contributed by atoms with Crippen molar-refractivity contribution in [2.45, 2.75) is 45.8 Å². The number of imidazole rings is 1. The summed E-state index contributed by atoms with van der Waals surface area (Å²) in [5.41, 5.74) is 5.00. The number of rotatable bonds is 4. The highest BCUT2D eigenvalue weighted by molar-refractivity contribution is 7.09. The molecule has 1 aliphatic heterocycles. The summed E-state index contributed by atoms with van der Waals surface area (Å²) in [6, 6.07) is 0.137. The number of carbonyl (C=O) groups excluding carboxylic acids is 1. The molecule has 0 spiro atoms. The van der Waals surface area contributed by atoms with Crippen molar-refractivity contribution in [2.24, 2.45) is 7.05 Å². The number of aromatic nitrogens is 3. The largest absolute Gasteiger partial charge is 0.353 e. The Morgan fingerprint density at radius 1 is 1.48 bits per heavy atom. The van der Waals surface area contributed by atoms with Gasteiger partial charge < -0.3 is 9.88 Å². The first kappa shape index (κ1) is 16.1. The van der Waals surface area contributed by atoms with Gasteiger partial charge in [0.1, 0.15) is 0 Å². The highest BCUT2D eigenvalue weighted by atomic mass is 32.1. The number of hydrogen-bond acceptors (Lipinski definition) is 5. The molecular formula is C16H23N5OS. The smallest absolute Gasteiger partial charge is 0.230 e. The number of aryl methyl sites for hydroxylation is 2. The van der Waals surface area contributed by atoms with Crippen LogP contribution in [0.3, 0.4) is 0 Å². The van der Waals surface area contributed by atoms with Gasteiger partial charge in [0, 0.05) is 37.6 Å². The van der Waals surface area contributed by atoms with Crippen LogP contribution in [-0.4, -0.2) is 37.9 Å². The molecule has 124 valence electrons. The van der Waals surface area contributed by atoms with Gasteiger partial charge in [0.15, 0.2) is 0 Å². The molecular weight excluding hydrogens is 310 g/mol. The molecule has 0 saturated heterocycles. The lowest BCUT2D eigenvalue weighted by atomic mass is 9.96. The molecule has 7 heteroatoms. The number of nitrogens with one attached hydrogen (secondary N) is 1. The van der Waals surface area contributed by atoms with E-state index >= 15 is 0 Å². The lowest BCUT2D eigenvalue weighted by Gasteiger charge is -2.32. The van der Waals surface area contributed by atoms with Crippen molar-refractivity contribution in [2.75, 3.05) is 6.54 Å². The Hall–Kier alpha value is -1.73. The van der Waals surface area contributed by atoms with Crippen molar-refractivity contribution < 1.29 is 4.79 Å². The monoisotopic (exact) mass is 333 g/mol. The fourth-order valence-corrected chi connectivity index (χ4v) is 3.89. The molecule has 1 aliphatic rings. The van der Waals surface area contributed by atoms with E-state index in [1.54, 1.807) is 11.3 Å². The Morgan fingerprint density at radius 3 is 2.91 bits per heavy atom. The average Bonchev–Trinajstić information content (AvgIpc) is 3.05. The first-order valence-corrected chi connectivity index (χ1v) is 8.75. The Morgan fingerprint density at radius 2 is 2.26 bits per heavy atom. The fraction of sp³-hybridized carbons (Fsp3) is 0.562. The van der Waals surface area contributed by atoms with Crippen molar-refractivity contribution in [1.29, 1.82) is 0 Å². The van der Waals surface area contributed by atoms with Crippen LogP contribution in [0.1, 0.15) is 41.7 Å². The summed E-state index contributed by atoms with van der Waals surface area (Å²) < 4.78 is 1.98. The highest BCUT2D eigenvalue weighted by Gasteiger charge is 2.34. The van der Waals surface area contributed by atoms with E-state index in [9.17, 15) is 4.79 Å². The van der Waals surface area contributed by atoms with Gasteiger partial charge in [-0.25, -0.2) is 9.97 Å². The van der Waals surface area contributed by atoms with E-state index in [4.69, 9.17) is 0 Å². The second-order valence-electron chi connectivity index (χ2n) is 6.43. The normalized spacial score (nSPS) is 18.2. The van der Waals surface area contributed by atoms with Crippen LogP contribution < -0.4 is 5.32 Å². The van der Waals surface area contributed by atoms with Crippen molar-refractivity contribution in [3.05, 3.63) is 33.8 Å². The van der Waals surface area contributed by atoms with Crippen molar-refractivity contribution >= 4 is 17.2 Å². The summed E-state index contributed by atoms with van der Waals surface area (Å²) in [7, 11) is 1.96. The topological polar surface area (TPSA) is 63.1 Å². The zero-order chi connectivity index (χ0) is 16.6. The SMILES string of the molecule is Cc1ncsc1CN1Cc2ncn(C)c2[C@@H](C(=O)NC(C)C)C1. The number of fused-ring (bicyclic) bond motifs is 1. The number of carbonyl (C=O) groups is 1. The van der Waals surface area contributed by atoms with Gasteiger partial charge in [-0.3, -0.25) is 9.69 Å². The molecule has 0 aromatic carbocycles. The van der Waals surface area contributed by atoms with Crippen LogP contribution in [0.15, 0.2) is 11.8 Å². The molecule has 2 aromatic rings. The van der Waals surface area contributed by atoms with Crippen molar-refractivity contribution in [3.8, 4) is 0 Å². The molecule has 1 atom stereocenters.